The number of nitrogen functional groups attached to an aromatic ring is 1. The Kier molecular flexibility index (Phi) is 4.82. The Morgan fingerprint density at radius 2 is 1.76 bits per heavy atom. The van der Waals surface area contributed by atoms with Crippen LogP contribution in [0.2, 0.25) is 0 Å². The van der Waals surface area contributed by atoms with E-state index in [1.807, 2.05) is 57.4 Å². The third kappa shape index (κ3) is 4.13. The number of carbonyl (C=O) groups is 1. The van der Waals surface area contributed by atoms with Crippen molar-refractivity contribution in [2.24, 2.45) is 0 Å². The molecule has 1 fully saturated rings. The van der Waals surface area contributed by atoms with Crippen LogP contribution < -0.4 is 10.6 Å². The maximum absolute atomic E-state index is 12.3. The van der Waals surface area contributed by atoms with Crippen molar-refractivity contribution in [2.45, 2.75) is 26.4 Å². The van der Waals surface area contributed by atoms with Gasteiger partial charge in [-0.2, -0.15) is 0 Å². The van der Waals surface area contributed by atoms with Gasteiger partial charge in [-0.1, -0.05) is 12.1 Å². The molecular formula is C22H27N5O2. The summed E-state index contributed by atoms with van der Waals surface area (Å²) in [5.74, 6) is 0. The number of aromatic nitrogens is 2. The SMILES string of the molecule is CC(C)(C)OC(=O)N1CCN(c2ccn3c(-c4ccc(N)cc4)cnc3c2)CC1. The molecule has 29 heavy (non-hydrogen) atoms. The molecule has 1 aliphatic heterocycles. The Bertz CT molecular complexity index is 1010. The molecule has 2 N–H and O–H groups in total. The van der Waals surface area contributed by atoms with Crippen molar-refractivity contribution in [3.8, 4) is 11.3 Å². The number of hydrogen-bond acceptors (Lipinski definition) is 5. The largest absolute Gasteiger partial charge is 0.444 e. The summed E-state index contributed by atoms with van der Waals surface area (Å²) >= 11 is 0. The second-order valence-electron chi connectivity index (χ2n) is 8.33. The van der Waals surface area contributed by atoms with Gasteiger partial charge >= 0.3 is 6.09 Å². The number of nitrogens with two attached hydrogens (primary N) is 1. The highest BCUT2D eigenvalue weighted by atomic mass is 16.6. The highest BCUT2D eigenvalue weighted by molar-refractivity contribution is 5.70. The van der Waals surface area contributed by atoms with Crippen molar-refractivity contribution < 1.29 is 9.53 Å². The number of carbonyl (C=O) groups excluding carboxylic acids is 1. The zero-order valence-electron chi connectivity index (χ0n) is 17.1. The summed E-state index contributed by atoms with van der Waals surface area (Å²) in [7, 11) is 0. The van der Waals surface area contributed by atoms with E-state index in [4.69, 9.17) is 10.5 Å². The second-order valence-corrected chi connectivity index (χ2v) is 8.33. The molecule has 1 saturated heterocycles. The number of nitrogens with zero attached hydrogens (tertiary/aromatic N) is 4. The van der Waals surface area contributed by atoms with E-state index in [-0.39, 0.29) is 6.09 Å². The minimum absolute atomic E-state index is 0.242. The van der Waals surface area contributed by atoms with Gasteiger partial charge in [-0.3, -0.25) is 4.40 Å². The van der Waals surface area contributed by atoms with E-state index >= 15 is 0 Å². The maximum Gasteiger partial charge on any atom is 0.410 e. The zero-order valence-corrected chi connectivity index (χ0v) is 17.1. The lowest BCUT2D eigenvalue weighted by atomic mass is 10.1. The number of rotatable bonds is 2. The Labute approximate surface area is 170 Å². The third-order valence-electron chi connectivity index (χ3n) is 5.00. The number of imidazole rings is 1. The van der Waals surface area contributed by atoms with Crippen molar-refractivity contribution in [2.75, 3.05) is 36.8 Å². The van der Waals surface area contributed by atoms with Crippen LogP contribution in [-0.4, -0.2) is 52.2 Å². The number of fused-ring (bicyclic) bond motifs is 1. The number of amides is 1. The molecule has 4 rings (SSSR count). The van der Waals surface area contributed by atoms with Crippen molar-refractivity contribution in [1.29, 1.82) is 0 Å². The van der Waals surface area contributed by atoms with Crippen molar-refractivity contribution >= 4 is 23.1 Å². The molecule has 0 atom stereocenters. The van der Waals surface area contributed by atoms with Crippen LogP contribution in [0.25, 0.3) is 16.9 Å². The predicted octanol–water partition coefficient (Wildman–Crippen LogP) is 3.64. The summed E-state index contributed by atoms with van der Waals surface area (Å²) in [4.78, 5) is 20.9. The molecule has 3 heterocycles. The Hall–Kier alpha value is -3.22. The molecule has 2 aromatic heterocycles. The molecule has 7 nitrogen and oxygen atoms in total. The van der Waals surface area contributed by atoms with E-state index in [0.29, 0.717) is 13.1 Å². The number of ether oxygens (including phenoxy) is 1. The first-order valence-electron chi connectivity index (χ1n) is 9.86. The smallest absolute Gasteiger partial charge is 0.410 e. The standard InChI is InChI=1S/C22H27N5O2/c1-22(2,3)29-21(28)26-12-10-25(11-13-26)18-8-9-27-19(15-24-20(27)14-18)16-4-6-17(23)7-5-16/h4-9,14-15H,10-13,23H2,1-3H3. The van der Waals surface area contributed by atoms with Crippen LogP contribution in [0.5, 0.6) is 0 Å². The second kappa shape index (κ2) is 7.31. The van der Waals surface area contributed by atoms with Gasteiger partial charge in [0.05, 0.1) is 11.9 Å². The molecule has 0 saturated carbocycles. The van der Waals surface area contributed by atoms with Gasteiger partial charge in [-0.15, -0.1) is 0 Å². The van der Waals surface area contributed by atoms with Crippen molar-refractivity contribution in [1.82, 2.24) is 14.3 Å². The first-order valence-corrected chi connectivity index (χ1v) is 9.86. The van der Waals surface area contributed by atoms with Crippen LogP contribution in [0.3, 0.4) is 0 Å². The van der Waals surface area contributed by atoms with Crippen molar-refractivity contribution in [3.63, 3.8) is 0 Å². The van der Waals surface area contributed by atoms with Crippen LogP contribution in [-0.2, 0) is 4.74 Å². The van der Waals surface area contributed by atoms with E-state index in [1.165, 1.54) is 0 Å². The molecule has 0 radical (unpaired) electrons. The molecule has 1 aromatic carbocycles. The Balaban J connectivity index is 1.47. The first kappa shape index (κ1) is 19.1. The molecule has 1 amide bonds. The Morgan fingerprint density at radius 1 is 1.07 bits per heavy atom. The van der Waals surface area contributed by atoms with Crippen molar-refractivity contribution in [3.05, 3.63) is 48.8 Å². The lowest BCUT2D eigenvalue weighted by Crippen LogP contribution is -2.50. The van der Waals surface area contributed by atoms with Crippen LogP contribution in [0.1, 0.15) is 20.8 Å². The zero-order chi connectivity index (χ0) is 20.6. The molecule has 0 bridgehead atoms. The summed E-state index contributed by atoms with van der Waals surface area (Å²) in [6, 6.07) is 12.0. The minimum Gasteiger partial charge on any atom is -0.444 e. The molecule has 1 aliphatic rings. The van der Waals surface area contributed by atoms with Crippen LogP contribution in [0.15, 0.2) is 48.8 Å². The monoisotopic (exact) mass is 393 g/mol. The van der Waals surface area contributed by atoms with Gasteiger partial charge < -0.3 is 20.3 Å². The lowest BCUT2D eigenvalue weighted by molar-refractivity contribution is 0.0240. The fraction of sp³-hybridized carbons (Fsp3) is 0.364. The van der Waals surface area contributed by atoms with Gasteiger partial charge in [0.25, 0.3) is 0 Å². The van der Waals surface area contributed by atoms with Gasteiger partial charge in [0.1, 0.15) is 11.2 Å². The number of hydrogen-bond donors (Lipinski definition) is 1. The quantitative estimate of drug-likeness (QED) is 0.673. The van der Waals surface area contributed by atoms with Gasteiger partial charge in [-0.25, -0.2) is 9.78 Å². The highest BCUT2D eigenvalue weighted by Gasteiger charge is 2.26. The minimum atomic E-state index is -0.470. The molecular weight excluding hydrogens is 366 g/mol. The fourth-order valence-electron chi connectivity index (χ4n) is 3.51. The first-order chi connectivity index (χ1) is 13.8. The summed E-state index contributed by atoms with van der Waals surface area (Å²) in [6.45, 7) is 8.48. The maximum atomic E-state index is 12.3. The van der Waals surface area contributed by atoms with E-state index < -0.39 is 5.60 Å². The van der Waals surface area contributed by atoms with Gasteiger partial charge in [0, 0.05) is 55.4 Å². The van der Waals surface area contributed by atoms with E-state index in [1.54, 1.807) is 4.90 Å². The van der Waals surface area contributed by atoms with E-state index in [9.17, 15) is 4.79 Å². The summed E-state index contributed by atoms with van der Waals surface area (Å²) < 4.78 is 7.55. The van der Waals surface area contributed by atoms with Crippen LogP contribution >= 0.6 is 0 Å². The normalized spacial score (nSPS) is 15.0. The average molecular weight is 393 g/mol. The highest BCUT2D eigenvalue weighted by Crippen LogP contribution is 2.25. The fourth-order valence-corrected chi connectivity index (χ4v) is 3.51. The molecule has 0 spiro atoms. The Morgan fingerprint density at radius 3 is 2.41 bits per heavy atom. The summed E-state index contributed by atoms with van der Waals surface area (Å²) in [6.07, 6.45) is 3.68. The molecule has 3 aromatic rings. The topological polar surface area (TPSA) is 76.1 Å². The number of pyridine rings is 1. The number of benzene rings is 1. The molecule has 7 heteroatoms. The summed E-state index contributed by atoms with van der Waals surface area (Å²) in [5, 5.41) is 0. The van der Waals surface area contributed by atoms with Crippen LogP contribution in [0, 0.1) is 0 Å². The van der Waals surface area contributed by atoms with Gasteiger partial charge in [-0.05, 0) is 39.0 Å². The third-order valence-corrected chi connectivity index (χ3v) is 5.00. The average Bonchev–Trinajstić information content (AvgIpc) is 3.10. The molecule has 0 aliphatic carbocycles. The van der Waals surface area contributed by atoms with E-state index in [0.717, 1.165) is 41.4 Å². The number of piperazine rings is 1. The van der Waals surface area contributed by atoms with Gasteiger partial charge in [0.15, 0.2) is 0 Å². The molecule has 0 unspecified atom stereocenters. The number of anilines is 2. The van der Waals surface area contributed by atoms with Crippen LogP contribution in [0.4, 0.5) is 16.2 Å². The summed E-state index contributed by atoms with van der Waals surface area (Å²) in [5.41, 5.74) is 10.2. The van der Waals surface area contributed by atoms with E-state index in [2.05, 4.69) is 26.4 Å². The molecule has 152 valence electrons. The predicted molar refractivity (Wildman–Crippen MR) is 115 cm³/mol. The lowest BCUT2D eigenvalue weighted by Gasteiger charge is -2.36. The van der Waals surface area contributed by atoms with Gasteiger partial charge in [0.2, 0.25) is 0 Å².